The van der Waals surface area contributed by atoms with Gasteiger partial charge in [-0.3, -0.25) is 9.59 Å². The van der Waals surface area contributed by atoms with Crippen LogP contribution in [0.1, 0.15) is 17.8 Å². The molecule has 2 amide bonds. The van der Waals surface area contributed by atoms with Crippen molar-refractivity contribution in [3.05, 3.63) is 95.3 Å². The van der Waals surface area contributed by atoms with Gasteiger partial charge in [0.25, 0.3) is 0 Å². The topological polar surface area (TPSA) is 84.4 Å². The lowest BCUT2D eigenvalue weighted by Crippen LogP contribution is -2.44. The number of ether oxygens (including phenoxy) is 1. The molecule has 0 saturated carbocycles. The van der Waals surface area contributed by atoms with E-state index in [1.807, 2.05) is 6.07 Å². The number of methoxy groups -OCH3 is 1. The zero-order chi connectivity index (χ0) is 29.1. The van der Waals surface area contributed by atoms with Crippen molar-refractivity contribution in [3.63, 3.8) is 0 Å². The lowest BCUT2D eigenvalue weighted by Gasteiger charge is -2.24. The molecule has 0 aliphatic carbocycles. The number of nitrogens with zero attached hydrogens (tertiary/aromatic N) is 3. The summed E-state index contributed by atoms with van der Waals surface area (Å²) < 4.78 is 35.4. The lowest BCUT2D eigenvalue weighted by molar-refractivity contribution is -0.136. The molecule has 1 aliphatic heterocycles. The number of halogens is 3. The molecule has 0 spiro atoms. The molecule has 2 heterocycles. The number of benzene rings is 3. The van der Waals surface area contributed by atoms with E-state index in [1.165, 1.54) is 18.1 Å². The van der Waals surface area contributed by atoms with Crippen LogP contribution >= 0.6 is 11.6 Å². The van der Waals surface area contributed by atoms with Gasteiger partial charge in [0, 0.05) is 40.5 Å². The highest BCUT2D eigenvalue weighted by Crippen LogP contribution is 2.33. The molecular formula is C31H27ClF2N4O3. The van der Waals surface area contributed by atoms with Gasteiger partial charge in [0.2, 0.25) is 11.8 Å². The van der Waals surface area contributed by atoms with Gasteiger partial charge in [-0.05, 0) is 42.3 Å². The van der Waals surface area contributed by atoms with Crippen LogP contribution in [0.15, 0.2) is 73.1 Å². The van der Waals surface area contributed by atoms with Gasteiger partial charge in [0.15, 0.2) is 5.82 Å². The van der Waals surface area contributed by atoms with Crippen LogP contribution in [0.2, 0.25) is 5.02 Å². The number of aryl methyl sites for hydroxylation is 1. The minimum Gasteiger partial charge on any atom is -0.497 e. The minimum atomic E-state index is -1.39. The third kappa shape index (κ3) is 6.20. The van der Waals surface area contributed by atoms with Gasteiger partial charge in [0.1, 0.15) is 23.8 Å². The first kappa shape index (κ1) is 28.2. The van der Waals surface area contributed by atoms with Gasteiger partial charge in [-0.15, -0.1) is 0 Å². The van der Waals surface area contributed by atoms with Crippen molar-refractivity contribution in [1.82, 2.24) is 14.9 Å². The third-order valence-corrected chi connectivity index (χ3v) is 7.29. The fourth-order valence-electron chi connectivity index (χ4n) is 4.91. The van der Waals surface area contributed by atoms with Gasteiger partial charge >= 0.3 is 0 Å². The Balaban J connectivity index is 1.35. The lowest BCUT2D eigenvalue weighted by atomic mass is 10.0. The number of likely N-dealkylation sites (tertiary alicyclic amines) is 1. The summed E-state index contributed by atoms with van der Waals surface area (Å²) in [6.45, 7) is 1.55. The predicted molar refractivity (Wildman–Crippen MR) is 153 cm³/mol. The molecular weight excluding hydrogens is 550 g/mol. The van der Waals surface area contributed by atoms with E-state index in [0.29, 0.717) is 27.7 Å². The predicted octanol–water partition coefficient (Wildman–Crippen LogP) is 6.04. The molecule has 5 rings (SSSR count). The van der Waals surface area contributed by atoms with Crippen LogP contribution in [0.5, 0.6) is 5.75 Å². The molecule has 0 bridgehead atoms. The van der Waals surface area contributed by atoms with Gasteiger partial charge in [-0.25, -0.2) is 18.7 Å². The number of carbonyl (C=O) groups is 2. The Morgan fingerprint density at radius 1 is 1.05 bits per heavy atom. The first-order valence-electron chi connectivity index (χ1n) is 13.0. The molecule has 1 unspecified atom stereocenters. The Morgan fingerprint density at radius 2 is 1.78 bits per heavy atom. The molecule has 1 saturated heterocycles. The number of hydrogen-bond acceptors (Lipinski definition) is 5. The second kappa shape index (κ2) is 12.0. The van der Waals surface area contributed by atoms with Crippen molar-refractivity contribution < 1.29 is 23.1 Å². The number of anilines is 1. The van der Waals surface area contributed by atoms with Crippen LogP contribution in [-0.4, -0.2) is 52.6 Å². The van der Waals surface area contributed by atoms with Crippen LogP contribution in [0.4, 0.5) is 14.5 Å². The van der Waals surface area contributed by atoms with E-state index in [9.17, 15) is 14.0 Å². The van der Waals surface area contributed by atoms with E-state index in [2.05, 4.69) is 15.3 Å². The highest BCUT2D eigenvalue weighted by molar-refractivity contribution is 6.33. The monoisotopic (exact) mass is 576 g/mol. The maximum absolute atomic E-state index is 15.4. The summed E-state index contributed by atoms with van der Waals surface area (Å²) in [6, 6.07) is 15.6. The summed E-state index contributed by atoms with van der Waals surface area (Å²) in [4.78, 5) is 36.3. The standard InChI is InChI=1S/C31H27ClF2N4O3/c1-18-35-15-21(16-36-18)20-10-19(11-23(13-20)41-2)12-29(39)38-17-22(33)14-28(38)31(40)37-27-9-5-7-25(30(27)34)24-6-3-4-8-26(24)32/h3-11,13,15-16,22,28H,12,14,17H2,1-2H3,(H,37,40)/t22-,28?/m1/s1. The fourth-order valence-corrected chi connectivity index (χ4v) is 5.14. The van der Waals surface area contributed by atoms with Crippen molar-refractivity contribution in [1.29, 1.82) is 0 Å². The number of alkyl halides is 1. The number of carbonyl (C=O) groups excluding carboxylic acids is 2. The Bertz CT molecular complexity index is 1600. The van der Waals surface area contributed by atoms with E-state index in [4.69, 9.17) is 16.3 Å². The van der Waals surface area contributed by atoms with Crippen LogP contribution in [0.3, 0.4) is 0 Å². The summed E-state index contributed by atoms with van der Waals surface area (Å²) in [7, 11) is 1.52. The molecule has 4 aromatic rings. The average molecular weight is 577 g/mol. The summed E-state index contributed by atoms with van der Waals surface area (Å²) >= 11 is 6.24. The molecule has 10 heteroatoms. The molecule has 1 N–H and O–H groups in total. The van der Waals surface area contributed by atoms with E-state index in [1.54, 1.807) is 67.8 Å². The molecule has 1 fully saturated rings. The second-order valence-corrected chi connectivity index (χ2v) is 10.2. The van der Waals surface area contributed by atoms with Crippen molar-refractivity contribution >= 4 is 29.1 Å². The molecule has 1 aromatic heterocycles. The Hall–Kier alpha value is -4.37. The van der Waals surface area contributed by atoms with Gasteiger partial charge in [-0.2, -0.15) is 0 Å². The molecule has 1 aliphatic rings. The molecule has 2 atom stereocenters. The number of rotatable bonds is 7. The average Bonchev–Trinajstić information content (AvgIpc) is 3.37. The molecule has 0 radical (unpaired) electrons. The third-order valence-electron chi connectivity index (χ3n) is 6.97. The summed E-state index contributed by atoms with van der Waals surface area (Å²) in [5.74, 6) is -0.627. The molecule has 7 nitrogen and oxygen atoms in total. The Labute approximate surface area is 241 Å². The fraction of sp³-hybridized carbons (Fsp3) is 0.226. The highest BCUT2D eigenvalue weighted by Gasteiger charge is 2.40. The van der Waals surface area contributed by atoms with E-state index < -0.39 is 29.8 Å². The Kier molecular flexibility index (Phi) is 8.26. The van der Waals surface area contributed by atoms with Gasteiger partial charge in [-0.1, -0.05) is 48.0 Å². The largest absolute Gasteiger partial charge is 0.497 e. The van der Waals surface area contributed by atoms with E-state index >= 15 is 4.39 Å². The Morgan fingerprint density at radius 3 is 2.51 bits per heavy atom. The molecule has 41 heavy (non-hydrogen) atoms. The maximum Gasteiger partial charge on any atom is 0.247 e. The summed E-state index contributed by atoms with van der Waals surface area (Å²) in [5, 5.41) is 2.91. The van der Waals surface area contributed by atoms with E-state index in [0.717, 1.165) is 11.1 Å². The van der Waals surface area contributed by atoms with Crippen molar-refractivity contribution in [3.8, 4) is 28.0 Å². The van der Waals surface area contributed by atoms with Crippen molar-refractivity contribution in [2.75, 3.05) is 19.0 Å². The van der Waals surface area contributed by atoms with Crippen molar-refractivity contribution in [2.24, 2.45) is 0 Å². The van der Waals surface area contributed by atoms with Crippen LogP contribution in [0, 0.1) is 12.7 Å². The molecule has 3 aromatic carbocycles. The number of hydrogen-bond donors (Lipinski definition) is 1. The number of amides is 2. The quantitative estimate of drug-likeness (QED) is 0.290. The van der Waals surface area contributed by atoms with Crippen LogP contribution in [-0.2, 0) is 16.0 Å². The second-order valence-electron chi connectivity index (χ2n) is 9.80. The minimum absolute atomic E-state index is 0.0834. The van der Waals surface area contributed by atoms with E-state index in [-0.39, 0.29) is 30.6 Å². The summed E-state index contributed by atoms with van der Waals surface area (Å²) in [5.41, 5.74) is 2.71. The number of nitrogens with one attached hydrogen (secondary N) is 1. The first-order chi connectivity index (χ1) is 19.7. The van der Waals surface area contributed by atoms with Gasteiger partial charge in [0.05, 0.1) is 25.8 Å². The number of aromatic nitrogens is 2. The smallest absolute Gasteiger partial charge is 0.247 e. The zero-order valence-corrected chi connectivity index (χ0v) is 23.2. The van der Waals surface area contributed by atoms with Crippen molar-refractivity contribution in [2.45, 2.75) is 32.0 Å². The van der Waals surface area contributed by atoms with Crippen LogP contribution < -0.4 is 10.1 Å². The zero-order valence-electron chi connectivity index (χ0n) is 22.4. The maximum atomic E-state index is 15.4. The highest BCUT2D eigenvalue weighted by atomic mass is 35.5. The molecule has 210 valence electrons. The normalized spacial score (nSPS) is 16.5. The summed E-state index contributed by atoms with van der Waals surface area (Å²) in [6.07, 6.45) is 1.69. The van der Waals surface area contributed by atoms with Crippen LogP contribution in [0.25, 0.3) is 22.3 Å². The SMILES string of the molecule is COc1cc(CC(=O)N2C[C@H](F)CC2C(=O)Nc2cccc(-c3ccccc3Cl)c2F)cc(-c2cnc(C)nc2)c1. The first-order valence-corrected chi connectivity index (χ1v) is 13.4. The van der Waals surface area contributed by atoms with Gasteiger partial charge < -0.3 is 15.0 Å².